The monoisotopic (exact) mass is 286 g/mol. The first-order valence-electron chi connectivity index (χ1n) is 6.01. The summed E-state index contributed by atoms with van der Waals surface area (Å²) in [4.78, 5) is 0. The van der Waals surface area contributed by atoms with Gasteiger partial charge in [0, 0.05) is 13.1 Å². The molecule has 0 bridgehead atoms. The van der Waals surface area contributed by atoms with Crippen LogP contribution in [-0.2, 0) is 0 Å². The van der Waals surface area contributed by atoms with Gasteiger partial charge in [0.15, 0.2) is 0 Å². The molecule has 110 valence electrons. The molecule has 0 aromatic heterocycles. The topological polar surface area (TPSA) is 85.5 Å². The first kappa shape index (κ1) is 16.3. The van der Waals surface area contributed by atoms with Crippen molar-refractivity contribution in [1.29, 1.82) is 5.26 Å². The minimum Gasteiger partial charge on any atom is -0.489 e. The summed E-state index contributed by atoms with van der Waals surface area (Å²) in [6.07, 6.45) is -5.52. The summed E-state index contributed by atoms with van der Waals surface area (Å²) in [5, 5.41) is 29.8. The number of ether oxygens (including phenoxy) is 1. The van der Waals surface area contributed by atoms with Crippen molar-refractivity contribution in [2.75, 3.05) is 19.7 Å². The second-order valence-corrected chi connectivity index (χ2v) is 4.13. The van der Waals surface area contributed by atoms with Gasteiger partial charge in [0.2, 0.25) is 0 Å². The van der Waals surface area contributed by atoms with Crippen molar-refractivity contribution in [3.05, 3.63) is 29.8 Å². The Labute approximate surface area is 115 Å². The second kappa shape index (κ2) is 8.43. The first-order valence-corrected chi connectivity index (χ1v) is 6.01. The molecule has 3 N–H and O–H groups in total. The molecule has 0 spiro atoms. The molecule has 5 nitrogen and oxygen atoms in total. The fourth-order valence-electron chi connectivity index (χ4n) is 1.42. The van der Waals surface area contributed by atoms with E-state index in [9.17, 15) is 13.9 Å². The number of hydrogen-bond acceptors (Lipinski definition) is 5. The quantitative estimate of drug-likeness (QED) is 0.648. The Morgan fingerprint density at radius 3 is 2.60 bits per heavy atom. The van der Waals surface area contributed by atoms with Crippen LogP contribution in [0, 0.1) is 11.3 Å². The molecule has 1 aromatic carbocycles. The van der Waals surface area contributed by atoms with Crippen molar-refractivity contribution < 1.29 is 23.7 Å². The molecule has 2 unspecified atom stereocenters. The molecule has 1 aromatic rings. The highest BCUT2D eigenvalue weighted by molar-refractivity contribution is 5.42. The van der Waals surface area contributed by atoms with E-state index in [0.29, 0.717) is 11.3 Å². The molecule has 0 radical (unpaired) electrons. The van der Waals surface area contributed by atoms with E-state index in [1.54, 1.807) is 24.3 Å². The van der Waals surface area contributed by atoms with Crippen molar-refractivity contribution in [1.82, 2.24) is 5.32 Å². The number of hydrogen-bond donors (Lipinski definition) is 3. The van der Waals surface area contributed by atoms with E-state index in [2.05, 4.69) is 5.32 Å². The average Bonchev–Trinajstić information content (AvgIpc) is 2.45. The third-order valence-corrected chi connectivity index (χ3v) is 2.46. The highest BCUT2D eigenvalue weighted by atomic mass is 19.3. The molecule has 20 heavy (non-hydrogen) atoms. The molecule has 0 amide bonds. The molecule has 0 saturated carbocycles. The summed E-state index contributed by atoms with van der Waals surface area (Å²) in [6, 6.07) is 8.51. The SMILES string of the molecule is N#Cc1ccccc1OCC(O)CNCC(O)C(F)F. The number of nitriles is 1. The summed E-state index contributed by atoms with van der Waals surface area (Å²) in [5.41, 5.74) is 0.348. The summed E-state index contributed by atoms with van der Waals surface area (Å²) in [6.45, 7) is -0.404. The highest BCUT2D eigenvalue weighted by Crippen LogP contribution is 2.16. The summed E-state index contributed by atoms with van der Waals surface area (Å²) in [5.74, 6) is 0.349. The van der Waals surface area contributed by atoms with Gasteiger partial charge in [0.05, 0.1) is 5.56 Å². The van der Waals surface area contributed by atoms with E-state index in [1.807, 2.05) is 6.07 Å². The smallest absolute Gasteiger partial charge is 0.265 e. The van der Waals surface area contributed by atoms with Gasteiger partial charge in [-0.25, -0.2) is 8.78 Å². The predicted molar refractivity (Wildman–Crippen MR) is 67.5 cm³/mol. The van der Waals surface area contributed by atoms with Crippen LogP contribution >= 0.6 is 0 Å². The minimum absolute atomic E-state index is 0.00149. The van der Waals surface area contributed by atoms with Crippen molar-refractivity contribution in [2.45, 2.75) is 18.6 Å². The molecule has 0 fully saturated rings. The summed E-state index contributed by atoms with van der Waals surface area (Å²) < 4.78 is 29.3. The van der Waals surface area contributed by atoms with Crippen LogP contribution in [0.4, 0.5) is 8.78 Å². The molecule has 2 atom stereocenters. The van der Waals surface area contributed by atoms with Crippen molar-refractivity contribution in [2.24, 2.45) is 0 Å². The van der Waals surface area contributed by atoms with E-state index in [0.717, 1.165) is 0 Å². The Kier molecular flexibility index (Phi) is 6.87. The van der Waals surface area contributed by atoms with Crippen LogP contribution in [0.2, 0.25) is 0 Å². The Hall–Kier alpha value is -1.75. The lowest BCUT2D eigenvalue weighted by Crippen LogP contribution is -2.38. The molecule has 0 aliphatic carbocycles. The highest BCUT2D eigenvalue weighted by Gasteiger charge is 2.16. The summed E-state index contributed by atoms with van der Waals surface area (Å²) in [7, 11) is 0. The maximum Gasteiger partial charge on any atom is 0.265 e. The van der Waals surface area contributed by atoms with Gasteiger partial charge in [-0.1, -0.05) is 12.1 Å². The third kappa shape index (κ3) is 5.48. The Balaban J connectivity index is 2.30. The first-order chi connectivity index (χ1) is 9.54. The molecular weight excluding hydrogens is 270 g/mol. The Morgan fingerprint density at radius 1 is 1.25 bits per heavy atom. The van der Waals surface area contributed by atoms with Crippen LogP contribution in [0.25, 0.3) is 0 Å². The molecule has 1 rings (SSSR count). The van der Waals surface area contributed by atoms with Gasteiger partial charge in [-0.05, 0) is 12.1 Å². The van der Waals surface area contributed by atoms with Gasteiger partial charge in [-0.3, -0.25) is 0 Å². The fourth-order valence-corrected chi connectivity index (χ4v) is 1.42. The van der Waals surface area contributed by atoms with E-state index >= 15 is 0 Å². The van der Waals surface area contributed by atoms with Gasteiger partial charge in [0.1, 0.15) is 30.6 Å². The molecular formula is C13H16F2N2O3. The van der Waals surface area contributed by atoms with E-state index in [1.165, 1.54) is 0 Å². The maximum absolute atomic E-state index is 12.0. The lowest BCUT2D eigenvalue weighted by atomic mass is 10.2. The molecule has 0 aliphatic heterocycles. The van der Waals surface area contributed by atoms with Crippen molar-refractivity contribution in [3.8, 4) is 11.8 Å². The third-order valence-electron chi connectivity index (χ3n) is 2.46. The van der Waals surface area contributed by atoms with Crippen molar-refractivity contribution in [3.63, 3.8) is 0 Å². The number of rotatable bonds is 8. The zero-order valence-electron chi connectivity index (χ0n) is 10.7. The second-order valence-electron chi connectivity index (χ2n) is 4.13. The van der Waals surface area contributed by atoms with E-state index in [-0.39, 0.29) is 19.7 Å². The minimum atomic E-state index is -2.82. The number of nitrogens with one attached hydrogen (secondary N) is 1. The maximum atomic E-state index is 12.0. The zero-order valence-corrected chi connectivity index (χ0v) is 10.7. The number of halogens is 2. The normalized spacial score (nSPS) is 13.8. The number of nitrogens with zero attached hydrogens (tertiary/aromatic N) is 1. The number of alkyl halides is 2. The largest absolute Gasteiger partial charge is 0.489 e. The van der Waals surface area contributed by atoms with Crippen LogP contribution in [0.3, 0.4) is 0 Å². The molecule has 0 saturated heterocycles. The number of benzene rings is 1. The average molecular weight is 286 g/mol. The van der Waals surface area contributed by atoms with Crippen LogP contribution < -0.4 is 10.1 Å². The van der Waals surface area contributed by atoms with Crippen LogP contribution in [0.1, 0.15) is 5.56 Å². The summed E-state index contributed by atoms with van der Waals surface area (Å²) >= 11 is 0. The molecule has 0 heterocycles. The van der Waals surface area contributed by atoms with Crippen LogP contribution in [0.15, 0.2) is 24.3 Å². The van der Waals surface area contributed by atoms with Crippen molar-refractivity contribution >= 4 is 0 Å². The Bertz CT molecular complexity index is 451. The van der Waals surface area contributed by atoms with E-state index < -0.39 is 18.6 Å². The number of aliphatic hydroxyl groups excluding tert-OH is 2. The lowest BCUT2D eigenvalue weighted by molar-refractivity contribution is -0.00529. The van der Waals surface area contributed by atoms with Crippen LogP contribution in [-0.4, -0.2) is 48.5 Å². The van der Waals surface area contributed by atoms with Crippen LogP contribution in [0.5, 0.6) is 5.75 Å². The van der Waals surface area contributed by atoms with E-state index in [4.69, 9.17) is 15.1 Å². The van der Waals surface area contributed by atoms with Gasteiger partial charge in [-0.15, -0.1) is 0 Å². The fraction of sp³-hybridized carbons (Fsp3) is 0.462. The molecule has 0 aliphatic rings. The lowest BCUT2D eigenvalue weighted by Gasteiger charge is -2.15. The molecule has 7 heteroatoms. The number of para-hydroxylation sites is 1. The van der Waals surface area contributed by atoms with Gasteiger partial charge >= 0.3 is 0 Å². The Morgan fingerprint density at radius 2 is 1.95 bits per heavy atom. The predicted octanol–water partition coefficient (Wildman–Crippen LogP) is 0.514. The van der Waals surface area contributed by atoms with Gasteiger partial charge in [-0.2, -0.15) is 5.26 Å². The van der Waals surface area contributed by atoms with Gasteiger partial charge in [0.25, 0.3) is 6.43 Å². The zero-order chi connectivity index (χ0) is 15.0. The number of aliphatic hydroxyl groups is 2. The van der Waals surface area contributed by atoms with Gasteiger partial charge < -0.3 is 20.3 Å². The standard InChI is InChI=1S/C13H16F2N2O3/c14-13(15)11(19)7-17-6-10(18)8-20-12-4-2-1-3-9(12)5-16/h1-4,10-11,13,17-19H,6-8H2.